The van der Waals surface area contributed by atoms with Gasteiger partial charge in [-0.1, -0.05) is 0 Å². The van der Waals surface area contributed by atoms with Gasteiger partial charge in [0, 0.05) is 25.0 Å². The molecule has 4 nitrogen and oxygen atoms in total. The molecule has 1 aromatic heterocycles. The van der Waals surface area contributed by atoms with Crippen LogP contribution < -0.4 is 5.73 Å². The molecule has 2 heterocycles. The van der Waals surface area contributed by atoms with Crippen molar-refractivity contribution in [2.45, 2.75) is 13.0 Å². The van der Waals surface area contributed by atoms with Crippen LogP contribution in [0.3, 0.4) is 0 Å². The lowest BCUT2D eigenvalue weighted by molar-refractivity contribution is -0.0167. The number of nitrogens with zero attached hydrogens (tertiary/aromatic N) is 1. The van der Waals surface area contributed by atoms with Crippen LogP contribution in [0.2, 0.25) is 0 Å². The van der Waals surface area contributed by atoms with Crippen LogP contribution in [0.1, 0.15) is 15.9 Å². The Hall–Kier alpha value is -0.910. The second-order valence-corrected chi connectivity index (χ2v) is 4.69. The molecule has 2 rings (SSSR count). The highest BCUT2D eigenvalue weighted by Crippen LogP contribution is 2.17. The molecule has 1 saturated heterocycles. The summed E-state index contributed by atoms with van der Waals surface area (Å²) >= 11 is 1.56. The SMILES string of the molecule is Cc1cscc1C(=O)N1CCOC(CN)C1. The van der Waals surface area contributed by atoms with Gasteiger partial charge in [0.15, 0.2) is 0 Å². The highest BCUT2D eigenvalue weighted by molar-refractivity contribution is 7.08. The van der Waals surface area contributed by atoms with Gasteiger partial charge in [0.25, 0.3) is 5.91 Å². The Morgan fingerprint density at radius 1 is 1.69 bits per heavy atom. The molecule has 88 valence electrons. The molecule has 1 atom stereocenters. The van der Waals surface area contributed by atoms with Gasteiger partial charge in [0.2, 0.25) is 0 Å². The number of carbonyl (C=O) groups is 1. The minimum atomic E-state index is -0.0170. The lowest BCUT2D eigenvalue weighted by Crippen LogP contribution is -2.48. The van der Waals surface area contributed by atoms with Crippen molar-refractivity contribution in [1.29, 1.82) is 0 Å². The number of nitrogens with two attached hydrogens (primary N) is 1. The van der Waals surface area contributed by atoms with Gasteiger partial charge in [-0.2, -0.15) is 11.3 Å². The number of aryl methyl sites for hydroxylation is 1. The monoisotopic (exact) mass is 240 g/mol. The summed E-state index contributed by atoms with van der Waals surface area (Å²) in [5, 5.41) is 3.90. The number of carbonyl (C=O) groups excluding carboxylic acids is 1. The molecule has 1 fully saturated rings. The van der Waals surface area contributed by atoms with E-state index in [1.165, 1.54) is 0 Å². The zero-order valence-electron chi connectivity index (χ0n) is 9.31. The maximum atomic E-state index is 12.2. The average molecular weight is 240 g/mol. The van der Waals surface area contributed by atoms with Gasteiger partial charge in [-0.3, -0.25) is 4.79 Å². The second-order valence-electron chi connectivity index (χ2n) is 3.95. The first-order chi connectivity index (χ1) is 7.72. The van der Waals surface area contributed by atoms with Gasteiger partial charge in [0.05, 0.1) is 18.3 Å². The van der Waals surface area contributed by atoms with Crippen LogP contribution in [0.5, 0.6) is 0 Å². The summed E-state index contributed by atoms with van der Waals surface area (Å²) in [7, 11) is 0. The van der Waals surface area contributed by atoms with Gasteiger partial charge in [-0.15, -0.1) is 0 Å². The quantitative estimate of drug-likeness (QED) is 0.834. The first kappa shape index (κ1) is 11.6. The van der Waals surface area contributed by atoms with Crippen molar-refractivity contribution >= 4 is 17.2 Å². The van der Waals surface area contributed by atoms with E-state index in [1.54, 1.807) is 11.3 Å². The fourth-order valence-corrected chi connectivity index (χ4v) is 2.62. The van der Waals surface area contributed by atoms with E-state index in [9.17, 15) is 4.79 Å². The van der Waals surface area contributed by atoms with Crippen molar-refractivity contribution in [2.75, 3.05) is 26.2 Å². The summed E-state index contributed by atoms with van der Waals surface area (Å²) in [6.07, 6.45) is -0.0170. The molecule has 2 N–H and O–H groups in total. The van der Waals surface area contributed by atoms with E-state index in [4.69, 9.17) is 10.5 Å². The van der Waals surface area contributed by atoms with E-state index in [-0.39, 0.29) is 12.0 Å². The summed E-state index contributed by atoms with van der Waals surface area (Å²) < 4.78 is 5.44. The van der Waals surface area contributed by atoms with Crippen LogP contribution >= 0.6 is 11.3 Å². The Balaban J connectivity index is 2.07. The molecule has 1 aliphatic heterocycles. The van der Waals surface area contributed by atoms with Gasteiger partial charge in [-0.25, -0.2) is 0 Å². The van der Waals surface area contributed by atoms with E-state index < -0.39 is 0 Å². The van der Waals surface area contributed by atoms with E-state index in [1.807, 2.05) is 22.6 Å². The summed E-state index contributed by atoms with van der Waals surface area (Å²) in [6.45, 7) is 4.27. The molecule has 0 radical (unpaired) electrons. The molecule has 1 aromatic rings. The van der Waals surface area contributed by atoms with Crippen LogP contribution in [-0.2, 0) is 4.74 Å². The van der Waals surface area contributed by atoms with Crippen LogP contribution in [0.25, 0.3) is 0 Å². The maximum absolute atomic E-state index is 12.2. The second kappa shape index (κ2) is 4.95. The van der Waals surface area contributed by atoms with Gasteiger partial charge in [0.1, 0.15) is 0 Å². The molecular formula is C11H16N2O2S. The lowest BCUT2D eigenvalue weighted by Gasteiger charge is -2.32. The van der Waals surface area contributed by atoms with Crippen molar-refractivity contribution in [3.8, 4) is 0 Å². The fraction of sp³-hybridized carbons (Fsp3) is 0.545. The molecule has 1 unspecified atom stereocenters. The minimum Gasteiger partial charge on any atom is -0.373 e. The highest BCUT2D eigenvalue weighted by Gasteiger charge is 2.25. The third-order valence-corrected chi connectivity index (χ3v) is 3.64. The van der Waals surface area contributed by atoms with Gasteiger partial charge < -0.3 is 15.4 Å². The number of thiophene rings is 1. The Labute approximate surface area is 99.0 Å². The lowest BCUT2D eigenvalue weighted by atomic mass is 10.1. The number of morpholine rings is 1. The van der Waals surface area contributed by atoms with Crippen molar-refractivity contribution in [1.82, 2.24) is 4.90 Å². The zero-order chi connectivity index (χ0) is 11.5. The number of hydrogen-bond donors (Lipinski definition) is 1. The molecule has 0 aromatic carbocycles. The van der Waals surface area contributed by atoms with E-state index >= 15 is 0 Å². The van der Waals surface area contributed by atoms with Crippen molar-refractivity contribution < 1.29 is 9.53 Å². The Morgan fingerprint density at radius 2 is 2.50 bits per heavy atom. The van der Waals surface area contributed by atoms with E-state index in [2.05, 4.69) is 0 Å². The topological polar surface area (TPSA) is 55.6 Å². The van der Waals surface area contributed by atoms with Crippen molar-refractivity contribution in [3.05, 3.63) is 21.9 Å². The molecule has 0 saturated carbocycles. The van der Waals surface area contributed by atoms with E-state index in [0.29, 0.717) is 26.2 Å². The Kier molecular flexibility index (Phi) is 3.58. The Bertz CT molecular complexity index is 378. The third-order valence-electron chi connectivity index (χ3n) is 2.77. The number of hydrogen-bond acceptors (Lipinski definition) is 4. The standard InChI is InChI=1S/C11H16N2O2S/c1-8-6-16-7-10(8)11(14)13-2-3-15-9(4-12)5-13/h6-7,9H,2-5,12H2,1H3. The first-order valence-corrected chi connectivity index (χ1v) is 6.30. The highest BCUT2D eigenvalue weighted by atomic mass is 32.1. The normalized spacial score (nSPS) is 21.1. The predicted octanol–water partition coefficient (Wildman–Crippen LogP) is 0.856. The minimum absolute atomic E-state index is 0.0170. The molecule has 5 heteroatoms. The van der Waals surface area contributed by atoms with Gasteiger partial charge >= 0.3 is 0 Å². The summed E-state index contributed by atoms with van der Waals surface area (Å²) in [5.74, 6) is 0.0977. The molecule has 1 aliphatic rings. The molecule has 1 amide bonds. The number of amides is 1. The van der Waals surface area contributed by atoms with Crippen molar-refractivity contribution in [2.24, 2.45) is 5.73 Å². The number of rotatable bonds is 2. The largest absolute Gasteiger partial charge is 0.373 e. The third kappa shape index (κ3) is 2.26. The average Bonchev–Trinajstić information content (AvgIpc) is 2.74. The molecule has 0 bridgehead atoms. The van der Waals surface area contributed by atoms with Gasteiger partial charge in [-0.05, 0) is 17.9 Å². The molecular weight excluding hydrogens is 224 g/mol. The van der Waals surface area contributed by atoms with Crippen LogP contribution in [-0.4, -0.2) is 43.2 Å². The zero-order valence-corrected chi connectivity index (χ0v) is 10.1. The summed E-state index contributed by atoms with van der Waals surface area (Å²) in [5.41, 5.74) is 7.41. The first-order valence-electron chi connectivity index (χ1n) is 5.36. The molecule has 0 aliphatic carbocycles. The van der Waals surface area contributed by atoms with Crippen molar-refractivity contribution in [3.63, 3.8) is 0 Å². The predicted molar refractivity (Wildman–Crippen MR) is 63.8 cm³/mol. The molecule has 0 spiro atoms. The van der Waals surface area contributed by atoms with Crippen LogP contribution in [0, 0.1) is 6.92 Å². The number of ether oxygens (including phenoxy) is 1. The summed E-state index contributed by atoms with van der Waals surface area (Å²) in [4.78, 5) is 14.0. The summed E-state index contributed by atoms with van der Waals surface area (Å²) in [6, 6.07) is 0. The van der Waals surface area contributed by atoms with Crippen LogP contribution in [0.15, 0.2) is 10.8 Å². The maximum Gasteiger partial charge on any atom is 0.255 e. The van der Waals surface area contributed by atoms with E-state index in [0.717, 1.165) is 11.1 Å². The smallest absolute Gasteiger partial charge is 0.255 e. The van der Waals surface area contributed by atoms with Crippen LogP contribution in [0.4, 0.5) is 0 Å². The Morgan fingerprint density at radius 3 is 3.12 bits per heavy atom. The molecule has 16 heavy (non-hydrogen) atoms. The fourth-order valence-electron chi connectivity index (χ4n) is 1.80.